The van der Waals surface area contributed by atoms with E-state index in [1.54, 1.807) is 0 Å². The minimum absolute atomic E-state index is 0.00571. The quantitative estimate of drug-likeness (QED) is 0.855. The van der Waals surface area contributed by atoms with E-state index in [2.05, 4.69) is 0 Å². The first-order chi connectivity index (χ1) is 11.5. The fourth-order valence-electron chi connectivity index (χ4n) is 3.16. The number of benzene rings is 2. The second-order valence-corrected chi connectivity index (χ2v) is 7.86. The minimum atomic E-state index is -3.68. The van der Waals surface area contributed by atoms with Crippen molar-refractivity contribution in [3.05, 3.63) is 53.8 Å². The third kappa shape index (κ3) is 2.63. The van der Waals surface area contributed by atoms with Gasteiger partial charge in [0.25, 0.3) is 0 Å². The van der Waals surface area contributed by atoms with Crippen molar-refractivity contribution in [1.82, 2.24) is 4.31 Å². The molecule has 1 saturated heterocycles. The van der Waals surface area contributed by atoms with Crippen LogP contribution in [0.4, 0.5) is 4.39 Å². The van der Waals surface area contributed by atoms with E-state index in [1.165, 1.54) is 22.5 Å². The van der Waals surface area contributed by atoms with Crippen LogP contribution in [0.3, 0.4) is 0 Å². The van der Waals surface area contributed by atoms with Crippen LogP contribution in [0.25, 0.3) is 0 Å². The molecular formula is C17H16FNO4S. The normalized spacial score (nSPS) is 20.5. The van der Waals surface area contributed by atoms with E-state index >= 15 is 0 Å². The summed E-state index contributed by atoms with van der Waals surface area (Å²) in [5.41, 5.74) is 1.02. The van der Waals surface area contributed by atoms with Crippen LogP contribution in [-0.4, -0.2) is 32.6 Å². The first-order valence-electron chi connectivity index (χ1n) is 7.69. The highest BCUT2D eigenvalue weighted by molar-refractivity contribution is 7.89. The second kappa shape index (κ2) is 5.75. The summed E-state index contributed by atoms with van der Waals surface area (Å²) in [4.78, 5) is -0.00571. The van der Waals surface area contributed by atoms with E-state index < -0.39 is 15.8 Å². The summed E-state index contributed by atoms with van der Waals surface area (Å²) in [5.74, 6) is 0.936. The van der Waals surface area contributed by atoms with Crippen molar-refractivity contribution in [2.24, 2.45) is 0 Å². The van der Waals surface area contributed by atoms with Crippen molar-refractivity contribution in [3.63, 3.8) is 0 Å². The third-order valence-corrected chi connectivity index (χ3v) is 6.31. The largest absolute Gasteiger partial charge is 0.454 e. The second-order valence-electron chi connectivity index (χ2n) is 5.92. The molecule has 0 saturated carbocycles. The topological polar surface area (TPSA) is 55.8 Å². The summed E-state index contributed by atoms with van der Waals surface area (Å²) >= 11 is 0. The maximum atomic E-state index is 13.3. The van der Waals surface area contributed by atoms with Crippen LogP contribution in [0.2, 0.25) is 0 Å². The van der Waals surface area contributed by atoms with Crippen LogP contribution in [0, 0.1) is 5.82 Å². The summed E-state index contributed by atoms with van der Waals surface area (Å²) in [7, 11) is -3.68. The van der Waals surface area contributed by atoms with E-state index in [0.717, 1.165) is 11.6 Å². The lowest BCUT2D eigenvalue weighted by Gasteiger charge is -2.17. The molecule has 0 bridgehead atoms. The molecule has 0 radical (unpaired) electrons. The van der Waals surface area contributed by atoms with Gasteiger partial charge in [-0.2, -0.15) is 4.31 Å². The molecule has 0 aliphatic carbocycles. The van der Waals surface area contributed by atoms with Crippen LogP contribution in [-0.2, 0) is 10.0 Å². The molecule has 2 aromatic carbocycles. The number of nitrogens with zero attached hydrogens (tertiary/aromatic N) is 1. The minimum Gasteiger partial charge on any atom is -0.454 e. The standard InChI is InChI=1S/C17H16FNO4S/c18-14-2-1-3-15(9-14)24(20,21)19-7-6-13(10-19)12-4-5-16-17(8-12)23-11-22-16/h1-5,8-9,13H,6-7,10-11H2. The third-order valence-electron chi connectivity index (χ3n) is 4.45. The maximum Gasteiger partial charge on any atom is 0.243 e. The van der Waals surface area contributed by atoms with Crippen LogP contribution in [0.1, 0.15) is 17.9 Å². The summed E-state index contributed by atoms with van der Waals surface area (Å²) < 4.78 is 50.8. The van der Waals surface area contributed by atoms with Gasteiger partial charge >= 0.3 is 0 Å². The Hall–Kier alpha value is -2.12. The first kappa shape index (κ1) is 15.4. The molecule has 1 fully saturated rings. The highest BCUT2D eigenvalue weighted by Gasteiger charge is 2.34. The van der Waals surface area contributed by atoms with Crippen LogP contribution < -0.4 is 9.47 Å². The van der Waals surface area contributed by atoms with Crippen molar-refractivity contribution < 1.29 is 22.3 Å². The smallest absolute Gasteiger partial charge is 0.243 e. The van der Waals surface area contributed by atoms with Gasteiger partial charge in [-0.1, -0.05) is 12.1 Å². The monoisotopic (exact) mass is 349 g/mol. The van der Waals surface area contributed by atoms with Crippen LogP contribution in [0.15, 0.2) is 47.4 Å². The van der Waals surface area contributed by atoms with E-state index in [9.17, 15) is 12.8 Å². The molecule has 2 aliphatic rings. The molecule has 0 spiro atoms. The van der Waals surface area contributed by atoms with E-state index in [0.29, 0.717) is 31.0 Å². The maximum absolute atomic E-state index is 13.3. The SMILES string of the molecule is O=S(=O)(c1cccc(F)c1)N1CCC(c2ccc3c(c2)OCO3)C1. The van der Waals surface area contributed by atoms with Gasteiger partial charge in [-0.05, 0) is 48.2 Å². The van der Waals surface area contributed by atoms with E-state index in [4.69, 9.17) is 9.47 Å². The zero-order chi connectivity index (χ0) is 16.7. The lowest BCUT2D eigenvalue weighted by Crippen LogP contribution is -2.28. The van der Waals surface area contributed by atoms with Gasteiger partial charge in [0.05, 0.1) is 4.90 Å². The van der Waals surface area contributed by atoms with Gasteiger partial charge in [-0.3, -0.25) is 0 Å². The van der Waals surface area contributed by atoms with Gasteiger partial charge in [0.15, 0.2) is 11.5 Å². The molecular weight excluding hydrogens is 333 g/mol. The molecule has 126 valence electrons. The number of rotatable bonds is 3. The zero-order valence-electron chi connectivity index (χ0n) is 12.8. The molecule has 2 heterocycles. The van der Waals surface area contributed by atoms with Gasteiger partial charge in [0.2, 0.25) is 16.8 Å². The number of hydrogen-bond donors (Lipinski definition) is 0. The van der Waals surface area contributed by atoms with E-state index in [1.807, 2.05) is 18.2 Å². The molecule has 1 atom stereocenters. The van der Waals surface area contributed by atoms with Gasteiger partial charge in [-0.25, -0.2) is 12.8 Å². The van der Waals surface area contributed by atoms with Crippen molar-refractivity contribution in [3.8, 4) is 11.5 Å². The Morgan fingerprint density at radius 3 is 2.75 bits per heavy atom. The first-order valence-corrected chi connectivity index (χ1v) is 9.13. The molecule has 0 amide bonds. The van der Waals surface area contributed by atoms with Crippen molar-refractivity contribution in [1.29, 1.82) is 0 Å². The molecule has 0 aromatic heterocycles. The Labute approximate surface area is 139 Å². The zero-order valence-corrected chi connectivity index (χ0v) is 13.6. The molecule has 1 unspecified atom stereocenters. The predicted molar refractivity (Wildman–Crippen MR) is 85.1 cm³/mol. The Balaban J connectivity index is 1.56. The molecule has 7 heteroatoms. The summed E-state index contributed by atoms with van der Waals surface area (Å²) in [6, 6.07) is 10.8. The number of halogens is 1. The Bertz CT molecular complexity index is 884. The number of fused-ring (bicyclic) bond motifs is 1. The van der Waals surface area contributed by atoms with Gasteiger partial charge in [0, 0.05) is 13.1 Å². The predicted octanol–water partition coefficient (Wildman–Crippen LogP) is 2.73. The Morgan fingerprint density at radius 2 is 1.92 bits per heavy atom. The van der Waals surface area contributed by atoms with Gasteiger partial charge < -0.3 is 9.47 Å². The van der Waals surface area contributed by atoms with Gasteiger partial charge in [0.1, 0.15) is 5.82 Å². The van der Waals surface area contributed by atoms with Crippen molar-refractivity contribution in [2.75, 3.05) is 19.9 Å². The fourth-order valence-corrected chi connectivity index (χ4v) is 4.69. The average molecular weight is 349 g/mol. The average Bonchev–Trinajstić information content (AvgIpc) is 3.23. The van der Waals surface area contributed by atoms with Crippen LogP contribution >= 0.6 is 0 Å². The van der Waals surface area contributed by atoms with E-state index in [-0.39, 0.29) is 17.6 Å². The lowest BCUT2D eigenvalue weighted by atomic mass is 9.98. The van der Waals surface area contributed by atoms with Gasteiger partial charge in [-0.15, -0.1) is 0 Å². The summed E-state index contributed by atoms with van der Waals surface area (Å²) in [6.07, 6.45) is 0.716. The van der Waals surface area contributed by atoms with Crippen molar-refractivity contribution in [2.45, 2.75) is 17.2 Å². The number of sulfonamides is 1. The highest BCUT2D eigenvalue weighted by atomic mass is 32.2. The Morgan fingerprint density at radius 1 is 1.08 bits per heavy atom. The molecule has 2 aliphatic heterocycles. The lowest BCUT2D eigenvalue weighted by molar-refractivity contribution is 0.174. The summed E-state index contributed by atoms with van der Waals surface area (Å²) in [5, 5.41) is 0. The number of hydrogen-bond acceptors (Lipinski definition) is 4. The molecule has 24 heavy (non-hydrogen) atoms. The molecule has 5 nitrogen and oxygen atoms in total. The molecule has 2 aromatic rings. The molecule has 4 rings (SSSR count). The highest BCUT2D eigenvalue weighted by Crippen LogP contribution is 2.38. The van der Waals surface area contributed by atoms with Crippen molar-refractivity contribution >= 4 is 10.0 Å². The summed E-state index contributed by atoms with van der Waals surface area (Å²) in [6.45, 7) is 1.000. The van der Waals surface area contributed by atoms with Crippen LogP contribution in [0.5, 0.6) is 11.5 Å². The Kier molecular flexibility index (Phi) is 3.69. The number of ether oxygens (including phenoxy) is 2. The fraction of sp³-hybridized carbons (Fsp3) is 0.294. The molecule has 0 N–H and O–H groups in total.